The predicted octanol–water partition coefficient (Wildman–Crippen LogP) is 9.28. The zero-order valence-electron chi connectivity index (χ0n) is 20.7. The highest BCUT2D eigenvalue weighted by atomic mass is 15.4. The first kappa shape index (κ1) is 25.8. The Hall–Kier alpha value is -1.44. The summed E-state index contributed by atoms with van der Waals surface area (Å²) in [5.74, 6) is 0. The molecule has 31 heavy (non-hydrogen) atoms. The van der Waals surface area contributed by atoms with E-state index in [1.807, 2.05) is 0 Å². The number of anilines is 1. The van der Waals surface area contributed by atoms with Crippen molar-refractivity contribution in [2.24, 2.45) is 0 Å². The molecule has 1 aliphatic rings. The monoisotopic (exact) mass is 426 g/mol. The summed E-state index contributed by atoms with van der Waals surface area (Å²) in [6.07, 6.45) is 28.8. The molecule has 0 spiro atoms. The van der Waals surface area contributed by atoms with Crippen LogP contribution in [0, 0.1) is 0 Å². The molecule has 2 heteroatoms. The molecule has 0 N–H and O–H groups in total. The molecule has 0 amide bonds. The van der Waals surface area contributed by atoms with E-state index in [0.29, 0.717) is 6.17 Å². The third-order valence-corrected chi connectivity index (χ3v) is 6.76. The molecule has 1 aromatic carbocycles. The molecular weight excluding hydrogens is 376 g/mol. The van der Waals surface area contributed by atoms with Crippen molar-refractivity contribution in [3.05, 3.63) is 42.7 Å². The minimum Gasteiger partial charge on any atom is -0.356 e. The van der Waals surface area contributed by atoms with E-state index in [0.717, 1.165) is 0 Å². The van der Waals surface area contributed by atoms with Gasteiger partial charge in [0, 0.05) is 24.6 Å². The van der Waals surface area contributed by atoms with Crippen molar-refractivity contribution < 1.29 is 0 Å². The molecule has 0 bridgehead atoms. The van der Waals surface area contributed by atoms with Gasteiger partial charge in [-0.2, -0.15) is 0 Å². The second-order valence-corrected chi connectivity index (χ2v) is 9.50. The fraction of sp³-hybridized carbons (Fsp3) is 0.724. The van der Waals surface area contributed by atoms with E-state index in [1.54, 1.807) is 0 Å². The molecule has 1 atom stereocenters. The largest absolute Gasteiger partial charge is 0.356 e. The fourth-order valence-electron chi connectivity index (χ4n) is 4.79. The predicted molar refractivity (Wildman–Crippen MR) is 138 cm³/mol. The summed E-state index contributed by atoms with van der Waals surface area (Å²) in [7, 11) is 0. The third-order valence-electron chi connectivity index (χ3n) is 6.76. The van der Waals surface area contributed by atoms with Gasteiger partial charge in [0.05, 0.1) is 0 Å². The Labute approximate surface area is 194 Å². The summed E-state index contributed by atoms with van der Waals surface area (Å²) in [4.78, 5) is 5.12. The van der Waals surface area contributed by atoms with Crippen LogP contribution in [-0.4, -0.2) is 17.6 Å². The number of hydrogen-bond acceptors (Lipinski definition) is 2. The van der Waals surface area contributed by atoms with Crippen LogP contribution in [0.15, 0.2) is 42.7 Å². The number of unbranched alkanes of at least 4 members (excludes halogenated alkanes) is 14. The maximum Gasteiger partial charge on any atom is 0.105 e. The molecular formula is C29H50N2. The van der Waals surface area contributed by atoms with Crippen LogP contribution >= 0.6 is 0 Å². The van der Waals surface area contributed by atoms with Gasteiger partial charge in [0.15, 0.2) is 0 Å². The van der Waals surface area contributed by atoms with Crippen molar-refractivity contribution in [1.82, 2.24) is 4.90 Å². The smallest absolute Gasteiger partial charge is 0.105 e. The Morgan fingerprint density at radius 3 is 1.68 bits per heavy atom. The Balaban J connectivity index is 1.71. The van der Waals surface area contributed by atoms with Crippen molar-refractivity contribution in [2.75, 3.05) is 11.4 Å². The van der Waals surface area contributed by atoms with Crippen LogP contribution in [0.1, 0.15) is 123 Å². The van der Waals surface area contributed by atoms with Crippen LogP contribution in [0.3, 0.4) is 0 Å². The van der Waals surface area contributed by atoms with E-state index in [9.17, 15) is 0 Å². The molecule has 0 radical (unpaired) electrons. The SMILES string of the molecule is CCCCCCCCCCCC1N(CCCCCCCCC)C=CN1c1ccccc1. The van der Waals surface area contributed by atoms with E-state index in [4.69, 9.17) is 0 Å². The van der Waals surface area contributed by atoms with Gasteiger partial charge in [0.2, 0.25) is 0 Å². The molecule has 0 aromatic heterocycles. The first-order valence-electron chi connectivity index (χ1n) is 13.6. The van der Waals surface area contributed by atoms with Crippen molar-refractivity contribution in [2.45, 2.75) is 129 Å². The highest BCUT2D eigenvalue weighted by Crippen LogP contribution is 2.28. The van der Waals surface area contributed by atoms with Crippen LogP contribution in [0.5, 0.6) is 0 Å². The summed E-state index contributed by atoms with van der Waals surface area (Å²) in [5, 5.41) is 0. The van der Waals surface area contributed by atoms with Gasteiger partial charge in [-0.25, -0.2) is 0 Å². The van der Waals surface area contributed by atoms with E-state index in [2.05, 4.69) is 66.4 Å². The van der Waals surface area contributed by atoms with Gasteiger partial charge >= 0.3 is 0 Å². The molecule has 1 unspecified atom stereocenters. The summed E-state index contributed by atoms with van der Waals surface area (Å²) in [6.45, 7) is 5.80. The maximum atomic E-state index is 2.61. The second kappa shape index (κ2) is 17.2. The van der Waals surface area contributed by atoms with Gasteiger partial charge in [0.1, 0.15) is 6.17 Å². The van der Waals surface area contributed by atoms with Gasteiger partial charge in [-0.15, -0.1) is 0 Å². The molecule has 0 fully saturated rings. The highest BCUT2D eigenvalue weighted by Gasteiger charge is 2.26. The van der Waals surface area contributed by atoms with Gasteiger partial charge in [0.25, 0.3) is 0 Å². The lowest BCUT2D eigenvalue weighted by Gasteiger charge is -2.33. The average Bonchev–Trinajstić information content (AvgIpc) is 3.20. The van der Waals surface area contributed by atoms with Gasteiger partial charge in [-0.3, -0.25) is 0 Å². The molecule has 0 saturated heterocycles. The minimum atomic E-state index is 0.507. The molecule has 1 aromatic rings. The molecule has 2 rings (SSSR count). The second-order valence-electron chi connectivity index (χ2n) is 9.50. The Bertz CT molecular complexity index is 553. The van der Waals surface area contributed by atoms with E-state index < -0.39 is 0 Å². The molecule has 2 nitrogen and oxygen atoms in total. The first-order chi connectivity index (χ1) is 15.4. The maximum absolute atomic E-state index is 2.61. The molecule has 0 aliphatic carbocycles. The van der Waals surface area contributed by atoms with Crippen LogP contribution in [-0.2, 0) is 0 Å². The van der Waals surface area contributed by atoms with Gasteiger partial charge in [-0.05, 0) is 31.4 Å². The summed E-state index contributed by atoms with van der Waals surface area (Å²) >= 11 is 0. The average molecular weight is 427 g/mol. The number of hydrogen-bond donors (Lipinski definition) is 0. The Morgan fingerprint density at radius 2 is 1.10 bits per heavy atom. The van der Waals surface area contributed by atoms with Crippen LogP contribution in [0.4, 0.5) is 5.69 Å². The van der Waals surface area contributed by atoms with Gasteiger partial charge in [-0.1, -0.05) is 122 Å². The lowest BCUT2D eigenvalue weighted by molar-refractivity contribution is 0.273. The van der Waals surface area contributed by atoms with Crippen molar-refractivity contribution in [3.63, 3.8) is 0 Å². The summed E-state index contributed by atoms with van der Waals surface area (Å²) in [6, 6.07) is 11.0. The van der Waals surface area contributed by atoms with E-state index >= 15 is 0 Å². The Morgan fingerprint density at radius 1 is 0.581 bits per heavy atom. The van der Waals surface area contributed by atoms with Gasteiger partial charge < -0.3 is 9.80 Å². The minimum absolute atomic E-state index is 0.507. The molecule has 176 valence electrons. The number of rotatable bonds is 19. The fourth-order valence-corrected chi connectivity index (χ4v) is 4.79. The van der Waals surface area contributed by atoms with E-state index in [-0.39, 0.29) is 0 Å². The van der Waals surface area contributed by atoms with Crippen molar-refractivity contribution >= 4 is 5.69 Å². The van der Waals surface area contributed by atoms with Crippen LogP contribution in [0.25, 0.3) is 0 Å². The normalized spacial score (nSPS) is 15.9. The summed E-state index contributed by atoms with van der Waals surface area (Å²) < 4.78 is 0. The molecule has 1 heterocycles. The summed E-state index contributed by atoms with van der Waals surface area (Å²) in [5.41, 5.74) is 1.33. The number of benzene rings is 1. The highest BCUT2D eigenvalue weighted by molar-refractivity contribution is 5.51. The third kappa shape index (κ3) is 10.6. The quantitative estimate of drug-likeness (QED) is 0.203. The molecule has 1 aliphatic heterocycles. The lowest BCUT2D eigenvalue weighted by Crippen LogP contribution is -2.39. The van der Waals surface area contributed by atoms with E-state index in [1.165, 1.54) is 121 Å². The van der Waals surface area contributed by atoms with Crippen LogP contribution < -0.4 is 4.90 Å². The lowest BCUT2D eigenvalue weighted by atomic mass is 10.1. The zero-order chi connectivity index (χ0) is 22.0. The zero-order valence-corrected chi connectivity index (χ0v) is 20.7. The number of nitrogens with zero attached hydrogens (tertiary/aromatic N) is 2. The van der Waals surface area contributed by atoms with Crippen LogP contribution in [0.2, 0.25) is 0 Å². The topological polar surface area (TPSA) is 6.48 Å². The van der Waals surface area contributed by atoms with Crippen molar-refractivity contribution in [1.29, 1.82) is 0 Å². The van der Waals surface area contributed by atoms with Crippen molar-refractivity contribution in [3.8, 4) is 0 Å². The number of para-hydroxylation sites is 1. The Kier molecular flexibility index (Phi) is 14.3. The standard InChI is InChI=1S/C29H50N2/c1-3-5-7-9-11-12-13-15-20-24-29-30(25-21-16-14-10-8-6-4-2)26-27-31(29)28-22-18-17-19-23-28/h17-19,22-23,26-27,29H,3-16,20-21,24-25H2,1-2H3. The molecule has 0 saturated carbocycles. The first-order valence-corrected chi connectivity index (χ1v) is 13.6.